The van der Waals surface area contributed by atoms with E-state index < -0.39 is 6.17 Å². The molecule has 0 bridgehead atoms. The summed E-state index contributed by atoms with van der Waals surface area (Å²) in [6.07, 6.45) is -0.533. The van der Waals surface area contributed by atoms with Crippen LogP contribution in [0.4, 0.5) is 4.39 Å². The van der Waals surface area contributed by atoms with Crippen LogP contribution in [0.15, 0.2) is 0 Å². The lowest BCUT2D eigenvalue weighted by Gasteiger charge is -2.31. The third-order valence-corrected chi connectivity index (χ3v) is 2.05. The van der Waals surface area contributed by atoms with Gasteiger partial charge in [-0.1, -0.05) is 22.6 Å². The van der Waals surface area contributed by atoms with Gasteiger partial charge in [-0.2, -0.15) is 0 Å². The normalized spacial score (nSPS) is 24.9. The molecule has 0 unspecified atom stereocenters. The molecule has 1 nitrogen and oxygen atoms in total. The highest BCUT2D eigenvalue weighted by atomic mass is 127. The Balaban J connectivity index is 2.06. The van der Waals surface area contributed by atoms with Crippen molar-refractivity contribution in [1.82, 2.24) is 4.90 Å². The minimum atomic E-state index is -0.533. The number of hydrogen-bond donors (Lipinski definition) is 0. The van der Waals surface area contributed by atoms with Crippen molar-refractivity contribution in [1.29, 1.82) is 0 Å². The molecule has 0 saturated carbocycles. The molecule has 0 aromatic rings. The lowest BCUT2D eigenvalue weighted by molar-refractivity contribution is 0.0885. The lowest BCUT2D eigenvalue weighted by Crippen LogP contribution is -2.47. The van der Waals surface area contributed by atoms with Gasteiger partial charge in [0.1, 0.15) is 6.17 Å². The SMILES string of the molecule is FC1CN(CI)C1. The van der Waals surface area contributed by atoms with Crippen LogP contribution in [0.2, 0.25) is 0 Å². The fourth-order valence-corrected chi connectivity index (χ4v) is 1.16. The summed E-state index contributed by atoms with van der Waals surface area (Å²) in [6.45, 7) is 1.31. The van der Waals surface area contributed by atoms with Gasteiger partial charge in [0.2, 0.25) is 0 Å². The van der Waals surface area contributed by atoms with E-state index in [1.807, 2.05) is 0 Å². The Hall–Kier alpha value is 0.620. The summed E-state index contributed by atoms with van der Waals surface area (Å²) in [6, 6.07) is 0. The molecule has 0 aliphatic carbocycles. The number of nitrogens with zero attached hydrogens (tertiary/aromatic N) is 1. The van der Waals surface area contributed by atoms with Crippen molar-refractivity contribution in [3.05, 3.63) is 0 Å². The smallest absolute Gasteiger partial charge is 0.125 e. The van der Waals surface area contributed by atoms with Gasteiger partial charge in [0.05, 0.1) is 4.55 Å². The number of hydrogen-bond acceptors (Lipinski definition) is 1. The molecule has 1 rings (SSSR count). The molecule has 3 heteroatoms. The predicted octanol–water partition coefficient (Wildman–Crippen LogP) is 1.03. The molecule has 1 aliphatic rings. The third-order valence-electron chi connectivity index (χ3n) is 1.08. The first kappa shape index (κ1) is 5.75. The van der Waals surface area contributed by atoms with Crippen molar-refractivity contribution in [2.75, 3.05) is 17.6 Å². The van der Waals surface area contributed by atoms with Gasteiger partial charge >= 0.3 is 0 Å². The summed E-state index contributed by atoms with van der Waals surface area (Å²) in [5.74, 6) is 0. The van der Waals surface area contributed by atoms with Gasteiger partial charge < -0.3 is 0 Å². The van der Waals surface area contributed by atoms with Crippen molar-refractivity contribution in [2.24, 2.45) is 0 Å². The standard InChI is InChI=1S/C4H7FIN/c5-4-1-7(2-4)3-6/h4H,1-3H2. The van der Waals surface area contributed by atoms with E-state index in [1.165, 1.54) is 0 Å². The Bertz CT molecular complexity index is 62.7. The zero-order valence-corrected chi connectivity index (χ0v) is 6.06. The van der Waals surface area contributed by atoms with Crippen LogP contribution in [0, 0.1) is 0 Å². The molecule has 0 radical (unpaired) electrons. The number of alkyl halides is 2. The van der Waals surface area contributed by atoms with Gasteiger partial charge in [-0.25, -0.2) is 4.39 Å². The van der Waals surface area contributed by atoms with E-state index >= 15 is 0 Å². The highest BCUT2D eigenvalue weighted by Gasteiger charge is 2.24. The molecule has 1 saturated heterocycles. The molecule has 1 aliphatic heterocycles. The van der Waals surface area contributed by atoms with E-state index in [2.05, 4.69) is 27.5 Å². The summed E-state index contributed by atoms with van der Waals surface area (Å²) in [7, 11) is 0. The molecular formula is C4H7FIN. The summed E-state index contributed by atoms with van der Waals surface area (Å²) in [4.78, 5) is 2.06. The highest BCUT2D eigenvalue weighted by molar-refractivity contribution is 14.1. The molecule has 0 aromatic heterocycles. The molecule has 7 heavy (non-hydrogen) atoms. The van der Waals surface area contributed by atoms with Crippen molar-refractivity contribution in [3.63, 3.8) is 0 Å². The maximum absolute atomic E-state index is 11.9. The Morgan fingerprint density at radius 3 is 2.43 bits per heavy atom. The highest BCUT2D eigenvalue weighted by Crippen LogP contribution is 2.11. The van der Waals surface area contributed by atoms with Crippen molar-refractivity contribution in [3.8, 4) is 0 Å². The maximum Gasteiger partial charge on any atom is 0.125 e. The molecule has 0 atom stereocenters. The molecular weight excluding hydrogens is 208 g/mol. The van der Waals surface area contributed by atoms with Gasteiger partial charge in [-0.15, -0.1) is 0 Å². The summed E-state index contributed by atoms with van der Waals surface area (Å²) in [5.41, 5.74) is 0. The Kier molecular flexibility index (Phi) is 1.86. The van der Waals surface area contributed by atoms with Gasteiger partial charge in [-0.05, 0) is 0 Å². The van der Waals surface area contributed by atoms with Crippen LogP contribution in [-0.2, 0) is 0 Å². The zero-order valence-electron chi connectivity index (χ0n) is 3.90. The fraction of sp³-hybridized carbons (Fsp3) is 1.00. The van der Waals surface area contributed by atoms with Crippen LogP contribution in [0.25, 0.3) is 0 Å². The van der Waals surface area contributed by atoms with E-state index in [4.69, 9.17) is 0 Å². The average molecular weight is 215 g/mol. The first-order valence-electron chi connectivity index (χ1n) is 2.25. The van der Waals surface area contributed by atoms with Crippen LogP contribution in [0.3, 0.4) is 0 Å². The summed E-state index contributed by atoms with van der Waals surface area (Å²) >= 11 is 2.23. The van der Waals surface area contributed by atoms with E-state index in [-0.39, 0.29) is 0 Å². The Morgan fingerprint density at radius 1 is 1.71 bits per heavy atom. The molecule has 1 fully saturated rings. The fourth-order valence-electron chi connectivity index (χ4n) is 0.604. The number of halogens is 2. The van der Waals surface area contributed by atoms with Gasteiger partial charge in [0.25, 0.3) is 0 Å². The van der Waals surface area contributed by atoms with Crippen LogP contribution in [0.1, 0.15) is 0 Å². The topological polar surface area (TPSA) is 3.24 Å². The Labute approximate surface area is 56.0 Å². The Morgan fingerprint density at radius 2 is 2.29 bits per heavy atom. The average Bonchev–Trinajstić information content (AvgIpc) is 1.58. The predicted molar refractivity (Wildman–Crippen MR) is 35.4 cm³/mol. The number of rotatable bonds is 1. The second kappa shape index (κ2) is 2.26. The van der Waals surface area contributed by atoms with Crippen LogP contribution >= 0.6 is 22.6 Å². The quantitative estimate of drug-likeness (QED) is 0.358. The van der Waals surface area contributed by atoms with Crippen LogP contribution in [0.5, 0.6) is 0 Å². The number of likely N-dealkylation sites (tertiary alicyclic amines) is 1. The van der Waals surface area contributed by atoms with E-state index in [0.717, 1.165) is 4.55 Å². The summed E-state index contributed by atoms with van der Waals surface area (Å²) < 4.78 is 12.9. The molecule has 0 aromatic carbocycles. The van der Waals surface area contributed by atoms with E-state index in [1.54, 1.807) is 0 Å². The lowest BCUT2D eigenvalue weighted by atomic mass is 10.2. The molecule has 0 spiro atoms. The van der Waals surface area contributed by atoms with Crippen molar-refractivity contribution < 1.29 is 4.39 Å². The molecule has 0 amide bonds. The van der Waals surface area contributed by atoms with Gasteiger partial charge in [-0.3, -0.25) is 4.90 Å². The van der Waals surface area contributed by atoms with E-state index in [9.17, 15) is 4.39 Å². The van der Waals surface area contributed by atoms with Crippen LogP contribution in [-0.4, -0.2) is 28.7 Å². The maximum atomic E-state index is 11.9. The third kappa shape index (κ3) is 1.25. The van der Waals surface area contributed by atoms with Crippen molar-refractivity contribution in [2.45, 2.75) is 6.17 Å². The second-order valence-electron chi connectivity index (χ2n) is 1.75. The minimum absolute atomic E-state index is 0.533. The minimum Gasteiger partial charge on any atom is -0.288 e. The molecule has 1 heterocycles. The van der Waals surface area contributed by atoms with Crippen LogP contribution < -0.4 is 0 Å². The first-order chi connectivity index (χ1) is 3.33. The second-order valence-corrected chi connectivity index (χ2v) is 2.44. The zero-order chi connectivity index (χ0) is 5.28. The largest absolute Gasteiger partial charge is 0.288 e. The van der Waals surface area contributed by atoms with E-state index in [0.29, 0.717) is 13.1 Å². The summed E-state index contributed by atoms with van der Waals surface area (Å²) in [5, 5.41) is 0. The molecule has 42 valence electrons. The first-order valence-corrected chi connectivity index (χ1v) is 3.78. The van der Waals surface area contributed by atoms with Crippen molar-refractivity contribution >= 4 is 22.6 Å². The molecule has 0 N–H and O–H groups in total. The van der Waals surface area contributed by atoms with Gasteiger partial charge in [0, 0.05) is 13.1 Å². The monoisotopic (exact) mass is 215 g/mol. The van der Waals surface area contributed by atoms with Gasteiger partial charge in [0.15, 0.2) is 0 Å².